The lowest BCUT2D eigenvalue weighted by molar-refractivity contribution is -0.140. The summed E-state index contributed by atoms with van der Waals surface area (Å²) in [7, 11) is -1.54. The van der Waals surface area contributed by atoms with Gasteiger partial charge in [0.25, 0.3) is 8.53 Å². The molecule has 0 aliphatic carbocycles. The number of hydrogen-bond acceptors (Lipinski definition) is 16. The van der Waals surface area contributed by atoms with Gasteiger partial charge in [-0.25, -0.2) is 4.67 Å². The van der Waals surface area contributed by atoms with Crippen LogP contribution < -0.4 is 16.0 Å². The number of carbonyl (C=O) groups is 3. The standard InChI is InChI=1S/C39H77N4O11P.C9H19NO3/c1-10-25-46-29-39(32-54-55(53-26-17-22-40)43(33(6)7)34(8)9,30-47-27-20-35(44)41-23-15-18-37(49-11-2)50-12-3)31-48-28-21-36(45)42-24-16-19-38(51-13-4)52-14-5;1-3-12-9(13-4-2)6-5-7-10-8-11/h33-34,37-38H,10-21,23-32H2,1-9H3,(H,41,44)(H,42,45);8-9H,3-7H2,1-2H3,(H,10,11). The number of ether oxygens (including phenoxy) is 9. The van der Waals surface area contributed by atoms with Crippen LogP contribution in [-0.4, -0.2) is 166 Å². The molecular formula is C48H96N5O14P. The minimum Gasteiger partial charge on any atom is -0.381 e. The van der Waals surface area contributed by atoms with Gasteiger partial charge in [-0.1, -0.05) is 6.92 Å². The zero-order valence-electron chi connectivity index (χ0n) is 44.1. The van der Waals surface area contributed by atoms with E-state index in [1.54, 1.807) is 0 Å². The molecule has 0 saturated heterocycles. The van der Waals surface area contributed by atoms with Gasteiger partial charge in [0.2, 0.25) is 18.2 Å². The highest BCUT2D eigenvalue weighted by atomic mass is 31.2. The molecule has 68 heavy (non-hydrogen) atoms. The Morgan fingerprint density at radius 2 is 0.985 bits per heavy atom. The van der Waals surface area contributed by atoms with Crippen molar-refractivity contribution in [2.45, 2.75) is 171 Å². The fourth-order valence-corrected chi connectivity index (χ4v) is 8.18. The summed E-state index contributed by atoms with van der Waals surface area (Å²) in [4.78, 5) is 35.2. The molecule has 20 heteroatoms. The fraction of sp³-hybridized carbons (Fsp3) is 0.917. The lowest BCUT2D eigenvalue weighted by atomic mass is 9.92. The Hall–Kier alpha value is -2.15. The molecule has 0 saturated carbocycles. The Morgan fingerprint density at radius 1 is 0.588 bits per heavy atom. The first-order chi connectivity index (χ1) is 32.9. The summed E-state index contributed by atoms with van der Waals surface area (Å²) in [5.41, 5.74) is -0.776. The molecule has 0 aromatic carbocycles. The van der Waals surface area contributed by atoms with Gasteiger partial charge < -0.3 is 67.6 Å². The predicted molar refractivity (Wildman–Crippen MR) is 264 cm³/mol. The first-order valence-corrected chi connectivity index (χ1v) is 26.3. The van der Waals surface area contributed by atoms with Gasteiger partial charge in [0.05, 0.1) is 64.2 Å². The Kier molecular flexibility index (Phi) is 48.4. The quantitative estimate of drug-likeness (QED) is 0.0242. The van der Waals surface area contributed by atoms with Crippen molar-refractivity contribution in [2.24, 2.45) is 5.41 Å². The van der Waals surface area contributed by atoms with Gasteiger partial charge in [0.15, 0.2) is 18.9 Å². The zero-order valence-corrected chi connectivity index (χ0v) is 45.0. The minimum absolute atomic E-state index is 0.110. The first kappa shape index (κ1) is 67.9. The Balaban J connectivity index is 0. The number of amides is 3. The van der Waals surface area contributed by atoms with E-state index in [0.29, 0.717) is 85.1 Å². The summed E-state index contributed by atoms with van der Waals surface area (Å²) in [6.07, 6.45) is 6.02. The number of hydrogen-bond donors (Lipinski definition) is 3. The number of nitrogens with zero attached hydrogens (tertiary/aromatic N) is 2. The molecule has 0 rings (SSSR count). The van der Waals surface area contributed by atoms with E-state index in [9.17, 15) is 19.6 Å². The molecule has 1 atom stereocenters. The van der Waals surface area contributed by atoms with E-state index in [1.165, 1.54) is 0 Å². The topological polar surface area (TPSA) is 216 Å². The molecule has 0 aromatic rings. The van der Waals surface area contributed by atoms with E-state index in [4.69, 9.17) is 51.7 Å². The smallest absolute Gasteiger partial charge is 0.259 e. The van der Waals surface area contributed by atoms with Crippen LogP contribution in [0.2, 0.25) is 0 Å². The zero-order chi connectivity index (χ0) is 51.1. The highest BCUT2D eigenvalue weighted by molar-refractivity contribution is 7.44. The molecule has 0 fully saturated rings. The maximum absolute atomic E-state index is 12.7. The van der Waals surface area contributed by atoms with Crippen LogP contribution in [0.15, 0.2) is 0 Å². The van der Waals surface area contributed by atoms with Crippen LogP contribution in [-0.2, 0) is 66.1 Å². The monoisotopic (exact) mass is 998 g/mol. The highest BCUT2D eigenvalue weighted by Gasteiger charge is 2.36. The molecule has 0 aliphatic heterocycles. The summed E-state index contributed by atoms with van der Waals surface area (Å²) in [5, 5.41) is 17.7. The predicted octanol–water partition coefficient (Wildman–Crippen LogP) is 7.01. The molecule has 3 amide bonds. The molecular weight excluding hydrogens is 902 g/mol. The largest absolute Gasteiger partial charge is 0.381 e. The molecule has 402 valence electrons. The summed E-state index contributed by atoms with van der Waals surface area (Å²) < 4.78 is 66.3. The van der Waals surface area contributed by atoms with E-state index in [-0.39, 0.29) is 108 Å². The average molecular weight is 998 g/mol. The number of rotatable bonds is 48. The van der Waals surface area contributed by atoms with Gasteiger partial charge in [-0.2, -0.15) is 5.26 Å². The lowest BCUT2D eigenvalue weighted by Gasteiger charge is -2.39. The second kappa shape index (κ2) is 48.5. The first-order valence-electron chi connectivity index (χ1n) is 25.2. The van der Waals surface area contributed by atoms with E-state index in [2.05, 4.69) is 54.4 Å². The second-order valence-electron chi connectivity index (χ2n) is 16.2. The van der Waals surface area contributed by atoms with Gasteiger partial charge in [-0.3, -0.25) is 14.4 Å². The molecule has 19 nitrogen and oxygen atoms in total. The van der Waals surface area contributed by atoms with Crippen LogP contribution >= 0.6 is 8.53 Å². The Labute approximate surface area is 412 Å². The molecule has 0 aliphatic rings. The van der Waals surface area contributed by atoms with E-state index in [1.807, 2.05) is 48.5 Å². The summed E-state index contributed by atoms with van der Waals surface area (Å²) in [6, 6.07) is 2.38. The van der Waals surface area contributed by atoms with E-state index >= 15 is 0 Å². The van der Waals surface area contributed by atoms with Gasteiger partial charge in [0.1, 0.15) is 0 Å². The molecule has 1 unspecified atom stereocenters. The second-order valence-corrected chi connectivity index (χ2v) is 17.7. The van der Waals surface area contributed by atoms with Crippen molar-refractivity contribution in [2.75, 3.05) is 112 Å². The van der Waals surface area contributed by atoms with Crippen molar-refractivity contribution in [1.29, 1.82) is 5.26 Å². The van der Waals surface area contributed by atoms with Crippen molar-refractivity contribution < 1.29 is 66.1 Å². The maximum atomic E-state index is 12.7. The van der Waals surface area contributed by atoms with Crippen molar-refractivity contribution in [3.8, 4) is 6.07 Å². The molecule has 0 aromatic heterocycles. The van der Waals surface area contributed by atoms with Gasteiger partial charge in [-0.05, 0) is 94.9 Å². The molecule has 0 bridgehead atoms. The minimum atomic E-state index is -1.54. The van der Waals surface area contributed by atoms with Gasteiger partial charge in [0, 0.05) is 110 Å². The third-order valence-electron chi connectivity index (χ3n) is 9.50. The SMILES string of the molecule is CCCOCC(COCCC(=O)NCCCC(OCC)OCC)(COCCC(=O)NCCCC(OCC)OCC)COP(OCCC#N)N(C(C)C)C(C)C.CCOC(CCCNC=O)OCC. The van der Waals surface area contributed by atoms with Gasteiger partial charge in [-0.15, -0.1) is 0 Å². The highest BCUT2D eigenvalue weighted by Crippen LogP contribution is 2.47. The van der Waals surface area contributed by atoms with Gasteiger partial charge >= 0.3 is 0 Å². The van der Waals surface area contributed by atoms with Crippen LogP contribution in [0.5, 0.6) is 0 Å². The summed E-state index contributed by atoms with van der Waals surface area (Å²) >= 11 is 0. The van der Waals surface area contributed by atoms with Crippen LogP contribution in [0.3, 0.4) is 0 Å². The van der Waals surface area contributed by atoms with Crippen molar-refractivity contribution in [3.63, 3.8) is 0 Å². The van der Waals surface area contributed by atoms with Crippen molar-refractivity contribution in [1.82, 2.24) is 20.6 Å². The van der Waals surface area contributed by atoms with Crippen LogP contribution in [0.1, 0.15) is 140 Å². The van der Waals surface area contributed by atoms with Crippen LogP contribution in [0.4, 0.5) is 0 Å². The Morgan fingerprint density at radius 3 is 1.34 bits per heavy atom. The van der Waals surface area contributed by atoms with Crippen molar-refractivity contribution in [3.05, 3.63) is 0 Å². The molecule has 0 radical (unpaired) electrons. The molecule has 0 heterocycles. The van der Waals surface area contributed by atoms with E-state index in [0.717, 1.165) is 32.1 Å². The number of nitrogens with one attached hydrogen (secondary N) is 3. The van der Waals surface area contributed by atoms with E-state index < -0.39 is 13.9 Å². The maximum Gasteiger partial charge on any atom is 0.259 e. The average Bonchev–Trinajstić information content (AvgIpc) is 3.30. The summed E-state index contributed by atoms with van der Waals surface area (Å²) in [6.45, 7) is 29.2. The number of nitriles is 1. The van der Waals surface area contributed by atoms with Crippen LogP contribution in [0.25, 0.3) is 0 Å². The van der Waals surface area contributed by atoms with Crippen LogP contribution in [0, 0.1) is 16.7 Å². The molecule has 3 N–H and O–H groups in total. The summed E-state index contributed by atoms with van der Waals surface area (Å²) in [5.74, 6) is -0.220. The third-order valence-corrected chi connectivity index (χ3v) is 11.6. The van der Waals surface area contributed by atoms with Crippen molar-refractivity contribution >= 4 is 26.8 Å². The Bertz CT molecular complexity index is 1140. The number of carbonyl (C=O) groups excluding carboxylic acids is 3. The molecule has 0 spiro atoms. The lowest BCUT2D eigenvalue weighted by Crippen LogP contribution is -2.43. The third kappa shape index (κ3) is 38.6. The normalized spacial score (nSPS) is 12.2. The fourth-order valence-electron chi connectivity index (χ4n) is 6.45.